The maximum absolute atomic E-state index is 5.57. The number of furan rings is 1. The van der Waals surface area contributed by atoms with Crippen molar-refractivity contribution in [2.24, 2.45) is 4.99 Å². The average Bonchev–Trinajstić information content (AvgIpc) is 3.16. The van der Waals surface area contributed by atoms with E-state index in [1.807, 2.05) is 19.1 Å². The van der Waals surface area contributed by atoms with E-state index in [9.17, 15) is 0 Å². The van der Waals surface area contributed by atoms with E-state index in [1.54, 1.807) is 12.3 Å². The molecule has 1 saturated heterocycles. The minimum Gasteiger partial charge on any atom is -0.469 e. The van der Waals surface area contributed by atoms with Gasteiger partial charge in [-0.05, 0) is 19.1 Å². The molecule has 1 fully saturated rings. The lowest BCUT2D eigenvalue weighted by Crippen LogP contribution is -2.39. The Bertz CT molecular complexity index is 471. The molecule has 2 heterocycles. The maximum Gasteiger partial charge on any atom is 0.191 e. The first-order chi connectivity index (χ1) is 10.7. The Balaban J connectivity index is 0.00000264. The van der Waals surface area contributed by atoms with E-state index in [0.29, 0.717) is 26.3 Å². The Morgan fingerprint density at radius 1 is 1.39 bits per heavy atom. The van der Waals surface area contributed by atoms with E-state index in [-0.39, 0.29) is 24.0 Å². The lowest BCUT2D eigenvalue weighted by molar-refractivity contribution is -0.144. The zero-order valence-corrected chi connectivity index (χ0v) is 15.9. The molecule has 0 aliphatic carbocycles. The summed E-state index contributed by atoms with van der Waals surface area (Å²) in [6.45, 7) is 9.02. The van der Waals surface area contributed by atoms with Gasteiger partial charge in [0.25, 0.3) is 0 Å². The first kappa shape index (κ1) is 20.0. The zero-order valence-electron chi connectivity index (χ0n) is 13.5. The highest BCUT2D eigenvalue weighted by molar-refractivity contribution is 14.0. The van der Waals surface area contributed by atoms with Crippen molar-refractivity contribution in [3.63, 3.8) is 0 Å². The second-order valence-electron chi connectivity index (χ2n) is 5.24. The normalized spacial score (nSPS) is 16.7. The first-order valence-corrected chi connectivity index (χ1v) is 7.65. The highest BCUT2D eigenvalue weighted by Crippen LogP contribution is 2.22. The Hall–Kier alpha value is -1.06. The summed E-state index contributed by atoms with van der Waals surface area (Å²) in [7, 11) is 0. The summed E-state index contributed by atoms with van der Waals surface area (Å²) >= 11 is 0. The van der Waals surface area contributed by atoms with Crippen LogP contribution in [0.2, 0.25) is 0 Å². The zero-order chi connectivity index (χ0) is 15.7. The highest BCUT2D eigenvalue weighted by Gasteiger charge is 2.30. The summed E-state index contributed by atoms with van der Waals surface area (Å²) in [6.07, 6.45) is 5.02. The fourth-order valence-corrected chi connectivity index (χ4v) is 2.17. The monoisotopic (exact) mass is 435 g/mol. The van der Waals surface area contributed by atoms with Crippen LogP contribution in [0, 0.1) is 0 Å². The number of aliphatic imine (C=N–C) groups is 1. The van der Waals surface area contributed by atoms with Crippen molar-refractivity contribution in [1.82, 2.24) is 10.6 Å². The SMILES string of the molecule is C=CCNC(=NCCC1(C)OCCO1)NCCc1ccco1.I. The number of hydrogen-bond donors (Lipinski definition) is 2. The molecular formula is C16H26IN3O3. The van der Waals surface area contributed by atoms with Crippen LogP contribution in [0.15, 0.2) is 40.5 Å². The topological polar surface area (TPSA) is 68.0 Å². The lowest BCUT2D eigenvalue weighted by Gasteiger charge is -2.21. The van der Waals surface area contributed by atoms with Crippen molar-refractivity contribution in [3.8, 4) is 0 Å². The highest BCUT2D eigenvalue weighted by atomic mass is 127. The number of ether oxygens (including phenoxy) is 2. The van der Waals surface area contributed by atoms with Crippen molar-refractivity contribution < 1.29 is 13.9 Å². The van der Waals surface area contributed by atoms with Gasteiger partial charge in [0.05, 0.1) is 19.5 Å². The van der Waals surface area contributed by atoms with Gasteiger partial charge in [-0.2, -0.15) is 0 Å². The molecule has 0 saturated carbocycles. The van der Waals surface area contributed by atoms with Crippen LogP contribution >= 0.6 is 24.0 Å². The molecule has 1 aliphatic heterocycles. The predicted octanol–water partition coefficient (Wildman–Crippen LogP) is 2.31. The first-order valence-electron chi connectivity index (χ1n) is 7.65. The van der Waals surface area contributed by atoms with Crippen LogP contribution in [0.4, 0.5) is 0 Å². The van der Waals surface area contributed by atoms with Crippen LogP contribution in [-0.4, -0.2) is 44.6 Å². The number of guanidine groups is 1. The number of hydrogen-bond acceptors (Lipinski definition) is 4. The minimum atomic E-state index is -0.499. The van der Waals surface area contributed by atoms with Crippen LogP contribution in [0.1, 0.15) is 19.1 Å². The molecule has 0 radical (unpaired) electrons. The summed E-state index contributed by atoms with van der Waals surface area (Å²) in [6, 6.07) is 3.86. The summed E-state index contributed by atoms with van der Waals surface area (Å²) in [5.41, 5.74) is 0. The van der Waals surface area contributed by atoms with Crippen molar-refractivity contribution in [2.75, 3.05) is 32.8 Å². The largest absolute Gasteiger partial charge is 0.469 e. The molecule has 0 bridgehead atoms. The molecule has 0 amide bonds. The second kappa shape index (κ2) is 10.7. The van der Waals surface area contributed by atoms with Crippen molar-refractivity contribution >= 4 is 29.9 Å². The molecule has 2 rings (SSSR count). The average molecular weight is 435 g/mol. The molecule has 0 aromatic carbocycles. The van der Waals surface area contributed by atoms with E-state index >= 15 is 0 Å². The second-order valence-corrected chi connectivity index (χ2v) is 5.24. The van der Waals surface area contributed by atoms with Gasteiger partial charge >= 0.3 is 0 Å². The Kier molecular flexibility index (Phi) is 9.27. The fraction of sp³-hybridized carbons (Fsp3) is 0.562. The van der Waals surface area contributed by atoms with Crippen molar-refractivity contribution in [1.29, 1.82) is 0 Å². The van der Waals surface area contributed by atoms with Crippen molar-refractivity contribution in [2.45, 2.75) is 25.6 Å². The molecule has 0 unspecified atom stereocenters. The van der Waals surface area contributed by atoms with Crippen LogP contribution in [-0.2, 0) is 15.9 Å². The third-order valence-corrected chi connectivity index (χ3v) is 3.39. The Morgan fingerprint density at radius 3 is 2.83 bits per heavy atom. The number of nitrogens with zero attached hydrogens (tertiary/aromatic N) is 1. The van der Waals surface area contributed by atoms with Crippen molar-refractivity contribution in [3.05, 3.63) is 36.8 Å². The Morgan fingerprint density at radius 2 is 2.17 bits per heavy atom. The van der Waals surface area contributed by atoms with Gasteiger partial charge in [-0.3, -0.25) is 4.99 Å². The molecule has 2 N–H and O–H groups in total. The quantitative estimate of drug-likeness (QED) is 0.284. The molecule has 6 nitrogen and oxygen atoms in total. The van der Waals surface area contributed by atoms with Gasteiger partial charge < -0.3 is 24.5 Å². The standard InChI is InChI=1S/C16H25N3O3.HI/c1-3-8-17-15(18-9-6-14-5-4-11-20-14)19-10-7-16(2)21-12-13-22-16;/h3-5,11H,1,6-10,12-13H2,2H3,(H2,17,18,19);1H. The van der Waals surface area contributed by atoms with Gasteiger partial charge in [-0.1, -0.05) is 6.08 Å². The van der Waals surface area contributed by atoms with Gasteiger partial charge in [0, 0.05) is 32.5 Å². The molecule has 0 spiro atoms. The van der Waals surface area contributed by atoms with E-state index < -0.39 is 5.79 Å². The third kappa shape index (κ3) is 7.36. The van der Waals surface area contributed by atoms with Gasteiger partial charge in [-0.25, -0.2) is 0 Å². The van der Waals surface area contributed by atoms with Crippen LogP contribution < -0.4 is 10.6 Å². The molecule has 1 aromatic heterocycles. The summed E-state index contributed by atoms with van der Waals surface area (Å²) in [5.74, 6) is 1.21. The molecule has 23 heavy (non-hydrogen) atoms. The summed E-state index contributed by atoms with van der Waals surface area (Å²) in [5, 5.41) is 6.48. The smallest absolute Gasteiger partial charge is 0.191 e. The van der Waals surface area contributed by atoms with Gasteiger partial charge in [-0.15, -0.1) is 30.6 Å². The van der Waals surface area contributed by atoms with Gasteiger partial charge in [0.1, 0.15) is 5.76 Å². The third-order valence-electron chi connectivity index (χ3n) is 3.39. The molecular weight excluding hydrogens is 409 g/mol. The van der Waals surface area contributed by atoms with Gasteiger partial charge in [0.2, 0.25) is 0 Å². The summed E-state index contributed by atoms with van der Waals surface area (Å²) in [4.78, 5) is 4.54. The van der Waals surface area contributed by atoms with E-state index in [1.165, 1.54) is 0 Å². The van der Waals surface area contributed by atoms with Crippen LogP contribution in [0.3, 0.4) is 0 Å². The fourth-order valence-electron chi connectivity index (χ4n) is 2.17. The van der Waals surface area contributed by atoms with E-state index in [0.717, 1.165) is 31.1 Å². The lowest BCUT2D eigenvalue weighted by atomic mass is 10.2. The number of nitrogens with one attached hydrogen (secondary N) is 2. The van der Waals surface area contributed by atoms with E-state index in [2.05, 4.69) is 22.2 Å². The minimum absolute atomic E-state index is 0. The van der Waals surface area contributed by atoms with E-state index in [4.69, 9.17) is 13.9 Å². The molecule has 1 aliphatic rings. The molecule has 1 aromatic rings. The predicted molar refractivity (Wildman–Crippen MR) is 101 cm³/mol. The number of rotatable bonds is 8. The molecule has 130 valence electrons. The molecule has 7 heteroatoms. The van der Waals surface area contributed by atoms with Crippen LogP contribution in [0.25, 0.3) is 0 Å². The van der Waals surface area contributed by atoms with Gasteiger partial charge in [0.15, 0.2) is 11.7 Å². The maximum atomic E-state index is 5.57. The summed E-state index contributed by atoms with van der Waals surface area (Å²) < 4.78 is 16.5. The number of halogens is 1. The Labute approximate surface area is 154 Å². The van der Waals surface area contributed by atoms with Crippen LogP contribution in [0.5, 0.6) is 0 Å². The molecule has 0 atom stereocenters.